The molecule has 0 bridgehead atoms. The van der Waals surface area contributed by atoms with E-state index in [9.17, 15) is 13.6 Å². The Morgan fingerprint density at radius 3 is 2.57 bits per heavy atom. The molecule has 0 spiro atoms. The molecule has 1 amide bonds. The summed E-state index contributed by atoms with van der Waals surface area (Å²) in [6.07, 6.45) is 0.959. The lowest BCUT2D eigenvalue weighted by atomic mass is 9.89. The summed E-state index contributed by atoms with van der Waals surface area (Å²) in [7, 11) is 0. The van der Waals surface area contributed by atoms with Crippen LogP contribution in [0.5, 0.6) is 0 Å². The lowest BCUT2D eigenvalue weighted by Crippen LogP contribution is -2.56. The van der Waals surface area contributed by atoms with E-state index < -0.39 is 17.5 Å². The van der Waals surface area contributed by atoms with E-state index in [1.54, 1.807) is 0 Å². The standard InChI is InChI=1S/C15H20F2N2O.ClH/c1-8-4-5-18-10(3)14(8)19-15(20)11-6-9(2)12(16)7-13(11)17;/h6-8,10,14,18H,4-5H2,1-3H3,(H,19,20);1H. The van der Waals surface area contributed by atoms with Gasteiger partial charge in [0.2, 0.25) is 0 Å². The molecule has 2 rings (SSSR count). The van der Waals surface area contributed by atoms with Gasteiger partial charge in [-0.15, -0.1) is 12.4 Å². The number of amides is 1. The molecule has 118 valence electrons. The van der Waals surface area contributed by atoms with Gasteiger partial charge in [-0.3, -0.25) is 4.79 Å². The number of benzene rings is 1. The third-order valence-corrected chi connectivity index (χ3v) is 4.01. The van der Waals surface area contributed by atoms with Crippen molar-refractivity contribution in [2.45, 2.75) is 39.3 Å². The molecule has 0 aliphatic carbocycles. The van der Waals surface area contributed by atoms with Gasteiger partial charge in [0.25, 0.3) is 5.91 Å². The van der Waals surface area contributed by atoms with E-state index in [4.69, 9.17) is 0 Å². The van der Waals surface area contributed by atoms with Crippen molar-refractivity contribution >= 4 is 18.3 Å². The number of rotatable bonds is 2. The van der Waals surface area contributed by atoms with Crippen LogP contribution in [-0.4, -0.2) is 24.5 Å². The van der Waals surface area contributed by atoms with E-state index in [1.165, 1.54) is 13.0 Å². The highest BCUT2D eigenvalue weighted by Gasteiger charge is 2.29. The third-order valence-electron chi connectivity index (χ3n) is 4.01. The van der Waals surface area contributed by atoms with Crippen molar-refractivity contribution in [1.82, 2.24) is 10.6 Å². The SMILES string of the molecule is Cc1cc(C(=O)NC2C(C)CCNC2C)c(F)cc1F.Cl. The first-order valence-corrected chi connectivity index (χ1v) is 6.90. The lowest BCUT2D eigenvalue weighted by molar-refractivity contribution is 0.0893. The predicted octanol–water partition coefficient (Wildman–Crippen LogP) is 2.81. The van der Waals surface area contributed by atoms with Gasteiger partial charge in [-0.2, -0.15) is 0 Å². The summed E-state index contributed by atoms with van der Waals surface area (Å²) in [6, 6.07) is 2.09. The number of nitrogens with one attached hydrogen (secondary N) is 2. The maximum Gasteiger partial charge on any atom is 0.254 e. The number of piperidine rings is 1. The van der Waals surface area contributed by atoms with E-state index in [0.717, 1.165) is 19.0 Å². The van der Waals surface area contributed by atoms with Gasteiger partial charge in [0.05, 0.1) is 5.56 Å². The Balaban J connectivity index is 0.00000220. The van der Waals surface area contributed by atoms with Crippen LogP contribution < -0.4 is 10.6 Å². The summed E-state index contributed by atoms with van der Waals surface area (Å²) in [5.41, 5.74) is 0.160. The highest BCUT2D eigenvalue weighted by atomic mass is 35.5. The number of halogens is 3. The summed E-state index contributed by atoms with van der Waals surface area (Å²) in [6.45, 7) is 6.49. The zero-order chi connectivity index (χ0) is 14.9. The minimum absolute atomic E-state index is 0. The number of hydrogen-bond acceptors (Lipinski definition) is 2. The van der Waals surface area contributed by atoms with Crippen molar-refractivity contribution in [3.63, 3.8) is 0 Å². The zero-order valence-electron chi connectivity index (χ0n) is 12.4. The average Bonchev–Trinajstić information content (AvgIpc) is 2.38. The van der Waals surface area contributed by atoms with Crippen LogP contribution in [0.3, 0.4) is 0 Å². The summed E-state index contributed by atoms with van der Waals surface area (Å²) >= 11 is 0. The van der Waals surface area contributed by atoms with Crippen molar-refractivity contribution in [2.24, 2.45) is 5.92 Å². The fourth-order valence-corrected chi connectivity index (χ4v) is 2.67. The first kappa shape index (κ1) is 17.9. The second-order valence-corrected chi connectivity index (χ2v) is 5.59. The van der Waals surface area contributed by atoms with Crippen molar-refractivity contribution in [2.75, 3.05) is 6.54 Å². The van der Waals surface area contributed by atoms with Gasteiger partial charge in [0.15, 0.2) is 0 Å². The Kier molecular flexibility index (Phi) is 6.10. The first-order valence-electron chi connectivity index (χ1n) is 6.90. The fourth-order valence-electron chi connectivity index (χ4n) is 2.67. The molecule has 1 fully saturated rings. The normalized spacial score (nSPS) is 25.1. The largest absolute Gasteiger partial charge is 0.347 e. The molecular weight excluding hydrogens is 298 g/mol. The van der Waals surface area contributed by atoms with Crippen molar-refractivity contribution < 1.29 is 13.6 Å². The van der Waals surface area contributed by atoms with Crippen LogP contribution >= 0.6 is 12.4 Å². The van der Waals surface area contributed by atoms with Crippen LogP contribution in [0.25, 0.3) is 0 Å². The first-order chi connectivity index (χ1) is 9.40. The van der Waals surface area contributed by atoms with Gasteiger partial charge in [0.1, 0.15) is 11.6 Å². The molecular formula is C15H21ClF2N2O. The second kappa shape index (κ2) is 7.18. The van der Waals surface area contributed by atoms with Crippen LogP contribution in [0.2, 0.25) is 0 Å². The van der Waals surface area contributed by atoms with Crippen LogP contribution in [-0.2, 0) is 0 Å². The van der Waals surface area contributed by atoms with Crippen molar-refractivity contribution in [3.05, 3.63) is 34.9 Å². The molecule has 3 atom stereocenters. The van der Waals surface area contributed by atoms with E-state index in [2.05, 4.69) is 17.6 Å². The quantitative estimate of drug-likeness (QED) is 0.880. The lowest BCUT2D eigenvalue weighted by Gasteiger charge is -2.36. The molecule has 1 aromatic rings. The maximum atomic E-state index is 13.7. The summed E-state index contributed by atoms with van der Waals surface area (Å²) < 4.78 is 26.9. The molecule has 1 aliphatic heterocycles. The van der Waals surface area contributed by atoms with E-state index in [0.29, 0.717) is 5.92 Å². The molecule has 3 unspecified atom stereocenters. The summed E-state index contributed by atoms with van der Waals surface area (Å²) in [4.78, 5) is 12.2. The average molecular weight is 319 g/mol. The van der Waals surface area contributed by atoms with Gasteiger partial charge in [-0.25, -0.2) is 8.78 Å². The topological polar surface area (TPSA) is 41.1 Å². The molecule has 21 heavy (non-hydrogen) atoms. The predicted molar refractivity (Wildman–Crippen MR) is 80.8 cm³/mol. The second-order valence-electron chi connectivity index (χ2n) is 5.59. The summed E-state index contributed by atoms with van der Waals surface area (Å²) in [5.74, 6) is -1.63. The Morgan fingerprint density at radius 1 is 1.29 bits per heavy atom. The number of carbonyl (C=O) groups is 1. The highest BCUT2D eigenvalue weighted by molar-refractivity contribution is 5.95. The van der Waals surface area contributed by atoms with Crippen LogP contribution in [0.1, 0.15) is 36.2 Å². The van der Waals surface area contributed by atoms with Gasteiger partial charge in [0, 0.05) is 18.2 Å². The molecule has 2 N–H and O–H groups in total. The van der Waals surface area contributed by atoms with Crippen LogP contribution in [0.4, 0.5) is 8.78 Å². The Labute approximate surface area is 129 Å². The molecule has 0 aromatic heterocycles. The monoisotopic (exact) mass is 318 g/mol. The highest BCUT2D eigenvalue weighted by Crippen LogP contribution is 2.18. The van der Waals surface area contributed by atoms with E-state index >= 15 is 0 Å². The van der Waals surface area contributed by atoms with E-state index in [1.807, 2.05) is 6.92 Å². The number of hydrogen-bond donors (Lipinski definition) is 2. The molecule has 0 saturated carbocycles. The van der Waals surface area contributed by atoms with Crippen LogP contribution in [0, 0.1) is 24.5 Å². The van der Waals surface area contributed by atoms with Gasteiger partial charge >= 0.3 is 0 Å². The summed E-state index contributed by atoms with van der Waals surface area (Å²) in [5, 5.41) is 6.14. The zero-order valence-corrected chi connectivity index (χ0v) is 13.2. The fraction of sp³-hybridized carbons (Fsp3) is 0.533. The number of carbonyl (C=O) groups excluding carboxylic acids is 1. The van der Waals surface area contributed by atoms with Gasteiger partial charge in [-0.1, -0.05) is 6.92 Å². The molecule has 0 radical (unpaired) electrons. The van der Waals surface area contributed by atoms with Gasteiger partial charge in [-0.05, 0) is 44.4 Å². The Hall–Kier alpha value is -1.20. The van der Waals surface area contributed by atoms with E-state index in [-0.39, 0.29) is 35.6 Å². The molecule has 1 aromatic carbocycles. The van der Waals surface area contributed by atoms with Crippen molar-refractivity contribution in [1.29, 1.82) is 0 Å². The number of aryl methyl sites for hydroxylation is 1. The van der Waals surface area contributed by atoms with Gasteiger partial charge < -0.3 is 10.6 Å². The maximum absolute atomic E-state index is 13.7. The Morgan fingerprint density at radius 2 is 1.95 bits per heavy atom. The van der Waals surface area contributed by atoms with Crippen molar-refractivity contribution in [3.8, 4) is 0 Å². The molecule has 1 saturated heterocycles. The molecule has 3 nitrogen and oxygen atoms in total. The smallest absolute Gasteiger partial charge is 0.254 e. The Bertz CT molecular complexity index is 515. The molecule has 1 aliphatic rings. The van der Waals surface area contributed by atoms with Crippen LogP contribution in [0.15, 0.2) is 12.1 Å². The molecule has 1 heterocycles. The molecule has 6 heteroatoms. The third kappa shape index (κ3) is 3.92. The minimum Gasteiger partial charge on any atom is -0.347 e. The minimum atomic E-state index is -0.824.